The lowest BCUT2D eigenvalue weighted by Gasteiger charge is -2.31. The summed E-state index contributed by atoms with van der Waals surface area (Å²) < 4.78 is 5.76. The zero-order chi connectivity index (χ0) is 31.7. The van der Waals surface area contributed by atoms with E-state index < -0.39 is 37.1 Å². The number of benzene rings is 2. The molecule has 4 unspecified atom stereocenters. The number of nitrogens with one attached hydrogen (secondary N) is 1. The Balaban J connectivity index is 1.19. The molecule has 1 heterocycles. The van der Waals surface area contributed by atoms with Gasteiger partial charge in [-0.25, -0.2) is 4.79 Å². The first-order valence-electron chi connectivity index (χ1n) is 16.1. The quantitative estimate of drug-likeness (QED) is 0.131. The number of anilines is 1. The number of rotatable bonds is 19. The van der Waals surface area contributed by atoms with Crippen LogP contribution in [0.25, 0.3) is 11.1 Å². The van der Waals surface area contributed by atoms with E-state index in [2.05, 4.69) is 10.2 Å². The zero-order valence-corrected chi connectivity index (χ0v) is 26.1. The molecule has 10 nitrogen and oxygen atoms in total. The van der Waals surface area contributed by atoms with Crippen molar-refractivity contribution in [2.45, 2.75) is 88.3 Å². The molecule has 0 aromatic heterocycles. The van der Waals surface area contributed by atoms with Crippen molar-refractivity contribution < 1.29 is 35.1 Å². The molecule has 0 spiro atoms. The van der Waals surface area contributed by atoms with Crippen molar-refractivity contribution in [1.29, 1.82) is 0 Å². The number of carbonyl (C=O) groups excluding carboxylic acids is 1. The molecule has 0 bridgehead atoms. The maximum atomic E-state index is 12.6. The van der Waals surface area contributed by atoms with E-state index in [1.54, 1.807) is 0 Å². The van der Waals surface area contributed by atoms with Gasteiger partial charge in [0.1, 0.15) is 24.4 Å². The Morgan fingerprint density at radius 3 is 2.14 bits per heavy atom. The molecule has 2 aromatic rings. The fraction of sp³-hybridized carbons (Fsp3) is 0.618. The molecule has 10 heteroatoms. The van der Waals surface area contributed by atoms with Crippen LogP contribution in [0.3, 0.4) is 0 Å². The largest absolute Gasteiger partial charge is 0.446 e. The zero-order valence-electron chi connectivity index (χ0n) is 26.1. The van der Waals surface area contributed by atoms with Gasteiger partial charge in [0.15, 0.2) is 0 Å². The van der Waals surface area contributed by atoms with Gasteiger partial charge in [-0.3, -0.25) is 5.32 Å². The molecule has 44 heavy (non-hydrogen) atoms. The van der Waals surface area contributed by atoms with Gasteiger partial charge in [-0.1, -0.05) is 80.6 Å². The molecular formula is C34H53N3O7. The van der Waals surface area contributed by atoms with E-state index >= 15 is 0 Å². The van der Waals surface area contributed by atoms with Crippen LogP contribution in [0.5, 0.6) is 0 Å². The molecule has 0 saturated carbocycles. The highest BCUT2D eigenvalue weighted by atomic mass is 16.6. The van der Waals surface area contributed by atoms with E-state index in [9.17, 15) is 25.2 Å². The van der Waals surface area contributed by atoms with Crippen molar-refractivity contribution in [2.75, 3.05) is 51.7 Å². The summed E-state index contributed by atoms with van der Waals surface area (Å²) in [6.45, 7) is 3.23. The summed E-state index contributed by atoms with van der Waals surface area (Å²) in [7, 11) is 1.85. The standard InChI is InChI=1S/C34H53N3O7/c1-36(24-30(39)32(41)33(42)31(40)25-38)20-12-5-3-2-4-6-13-21-37-22-18-27(19-23-37)44-34(43)35-29-17-11-10-16-28(29)26-14-8-7-9-15-26/h7-11,14-17,27,30-33,38-42H,2-6,12-13,18-25H2,1H3,(H,35,43). The molecule has 0 radical (unpaired) electrons. The third-order valence-electron chi connectivity index (χ3n) is 8.40. The minimum Gasteiger partial charge on any atom is -0.446 e. The fourth-order valence-corrected chi connectivity index (χ4v) is 5.69. The van der Waals surface area contributed by atoms with Crippen LogP contribution < -0.4 is 5.32 Å². The minimum absolute atomic E-state index is 0.0618. The average molecular weight is 616 g/mol. The van der Waals surface area contributed by atoms with Gasteiger partial charge in [0.25, 0.3) is 0 Å². The number of amides is 1. The summed E-state index contributed by atoms with van der Waals surface area (Å²) in [5.41, 5.74) is 2.77. The van der Waals surface area contributed by atoms with Crippen LogP contribution in [0.4, 0.5) is 10.5 Å². The first-order chi connectivity index (χ1) is 21.3. The highest BCUT2D eigenvalue weighted by molar-refractivity contribution is 5.91. The van der Waals surface area contributed by atoms with Crippen molar-refractivity contribution in [2.24, 2.45) is 0 Å². The Morgan fingerprint density at radius 1 is 0.864 bits per heavy atom. The van der Waals surface area contributed by atoms with Crippen LogP contribution in [0.15, 0.2) is 54.6 Å². The average Bonchev–Trinajstić information content (AvgIpc) is 3.04. The van der Waals surface area contributed by atoms with Gasteiger partial charge in [-0.15, -0.1) is 0 Å². The van der Waals surface area contributed by atoms with E-state index in [4.69, 9.17) is 9.84 Å². The highest BCUT2D eigenvalue weighted by Gasteiger charge is 2.30. The third-order valence-corrected chi connectivity index (χ3v) is 8.40. The Hall–Kier alpha value is -2.57. The molecule has 1 fully saturated rings. The molecule has 4 atom stereocenters. The van der Waals surface area contributed by atoms with Crippen molar-refractivity contribution >= 4 is 11.8 Å². The number of aliphatic hydroxyl groups is 5. The summed E-state index contributed by atoms with van der Waals surface area (Å²) in [6, 6.07) is 17.8. The van der Waals surface area contributed by atoms with Gasteiger partial charge in [0, 0.05) is 25.2 Å². The number of likely N-dealkylation sites (N-methyl/N-ethyl adjacent to an activating group) is 1. The maximum absolute atomic E-state index is 12.6. The maximum Gasteiger partial charge on any atom is 0.411 e. The summed E-state index contributed by atoms with van der Waals surface area (Å²) >= 11 is 0. The van der Waals surface area contributed by atoms with Crippen LogP contribution in [0.2, 0.25) is 0 Å². The lowest BCUT2D eigenvalue weighted by molar-refractivity contribution is -0.118. The van der Waals surface area contributed by atoms with Crippen molar-refractivity contribution in [1.82, 2.24) is 9.80 Å². The normalized spacial score (nSPS) is 17.2. The van der Waals surface area contributed by atoms with E-state index in [1.807, 2.05) is 66.5 Å². The van der Waals surface area contributed by atoms with Crippen molar-refractivity contribution in [3.05, 3.63) is 54.6 Å². The Morgan fingerprint density at radius 2 is 1.45 bits per heavy atom. The minimum atomic E-state index is -1.59. The monoisotopic (exact) mass is 615 g/mol. The lowest BCUT2D eigenvalue weighted by atomic mass is 10.0. The van der Waals surface area contributed by atoms with Gasteiger partial charge >= 0.3 is 6.09 Å². The molecule has 3 rings (SSSR count). The molecule has 0 aliphatic carbocycles. The number of para-hydroxylation sites is 1. The van der Waals surface area contributed by atoms with Crippen LogP contribution in [-0.4, -0.2) is 118 Å². The highest BCUT2D eigenvalue weighted by Crippen LogP contribution is 2.28. The second kappa shape index (κ2) is 19.7. The van der Waals surface area contributed by atoms with Crippen LogP contribution in [0, 0.1) is 0 Å². The topological polar surface area (TPSA) is 146 Å². The Bertz CT molecular complexity index is 1070. The van der Waals surface area contributed by atoms with E-state index in [0.717, 1.165) is 75.1 Å². The number of aliphatic hydroxyl groups excluding tert-OH is 5. The summed E-state index contributed by atoms with van der Waals surface area (Å²) in [5.74, 6) is 0. The number of hydrogen-bond acceptors (Lipinski definition) is 9. The number of unbranched alkanes of at least 4 members (excludes halogenated alkanes) is 6. The molecule has 1 amide bonds. The predicted molar refractivity (Wildman–Crippen MR) is 172 cm³/mol. The number of hydrogen-bond donors (Lipinski definition) is 6. The Labute approximate surface area is 262 Å². The number of likely N-dealkylation sites (tertiary alicyclic amines) is 1. The lowest BCUT2D eigenvalue weighted by Crippen LogP contribution is -2.49. The number of nitrogens with zero attached hydrogens (tertiary/aromatic N) is 2. The van der Waals surface area contributed by atoms with Gasteiger partial charge in [-0.05, 0) is 57.5 Å². The fourth-order valence-electron chi connectivity index (χ4n) is 5.69. The molecule has 1 aliphatic heterocycles. The van der Waals surface area contributed by atoms with E-state index in [1.165, 1.54) is 25.7 Å². The van der Waals surface area contributed by atoms with E-state index in [0.29, 0.717) is 0 Å². The first-order valence-corrected chi connectivity index (χ1v) is 16.1. The predicted octanol–water partition coefficient (Wildman–Crippen LogP) is 3.46. The number of ether oxygens (including phenoxy) is 1. The van der Waals surface area contributed by atoms with E-state index in [-0.39, 0.29) is 12.6 Å². The van der Waals surface area contributed by atoms with Gasteiger partial charge < -0.3 is 40.1 Å². The molecule has 1 aliphatic rings. The molecule has 246 valence electrons. The number of carbonyl (C=O) groups is 1. The number of piperidine rings is 1. The molecular weight excluding hydrogens is 562 g/mol. The molecule has 2 aromatic carbocycles. The van der Waals surface area contributed by atoms with Gasteiger partial charge in [0.2, 0.25) is 0 Å². The summed E-state index contributed by atoms with van der Waals surface area (Å²) in [4.78, 5) is 17.0. The second-order valence-electron chi connectivity index (χ2n) is 12.0. The molecule has 1 saturated heterocycles. The van der Waals surface area contributed by atoms with Crippen LogP contribution in [-0.2, 0) is 4.74 Å². The Kier molecular flexibility index (Phi) is 16.1. The van der Waals surface area contributed by atoms with Gasteiger partial charge in [-0.2, -0.15) is 0 Å². The van der Waals surface area contributed by atoms with Crippen LogP contribution in [0.1, 0.15) is 57.8 Å². The first kappa shape index (κ1) is 35.9. The van der Waals surface area contributed by atoms with Crippen molar-refractivity contribution in [3.8, 4) is 11.1 Å². The summed E-state index contributed by atoms with van der Waals surface area (Å²) in [6.07, 6.45) is 3.44. The van der Waals surface area contributed by atoms with Gasteiger partial charge in [0.05, 0.1) is 18.4 Å². The smallest absolute Gasteiger partial charge is 0.411 e. The SMILES string of the molecule is CN(CCCCCCCCCN1CCC(OC(=O)Nc2ccccc2-c2ccccc2)CC1)CC(O)C(O)C(O)C(O)CO. The van der Waals surface area contributed by atoms with Crippen LogP contribution >= 0.6 is 0 Å². The van der Waals surface area contributed by atoms with Crippen molar-refractivity contribution in [3.63, 3.8) is 0 Å². The second-order valence-corrected chi connectivity index (χ2v) is 12.0. The summed E-state index contributed by atoms with van der Waals surface area (Å²) in [5, 5.41) is 51.0. The molecule has 6 N–H and O–H groups in total. The third kappa shape index (κ3) is 12.4.